The molecule has 0 amide bonds. The number of piperazine rings is 1. The van der Waals surface area contributed by atoms with E-state index in [4.69, 9.17) is 4.99 Å². The molecule has 0 spiro atoms. The molecule has 3 aromatic rings. The van der Waals surface area contributed by atoms with Crippen LogP contribution in [0.2, 0.25) is 0 Å². The van der Waals surface area contributed by atoms with Crippen molar-refractivity contribution < 1.29 is 0 Å². The largest absolute Gasteiger partial charge is 0.354 e. The number of aromatic amines is 1. The molecule has 0 bridgehead atoms. The average Bonchev–Trinajstić information content (AvgIpc) is 3.22. The first-order valence-corrected chi connectivity index (χ1v) is 9.92. The van der Waals surface area contributed by atoms with Crippen molar-refractivity contribution in [2.45, 2.75) is 26.1 Å². The number of aromatic nitrogens is 3. The van der Waals surface area contributed by atoms with E-state index in [1.807, 2.05) is 24.8 Å². The van der Waals surface area contributed by atoms with Crippen LogP contribution in [0, 0.1) is 0 Å². The predicted octanol–water partition coefficient (Wildman–Crippen LogP) is 2.54. The van der Waals surface area contributed by atoms with Crippen molar-refractivity contribution in [1.29, 1.82) is 0 Å². The third-order valence-corrected chi connectivity index (χ3v) is 5.57. The number of fused-ring (bicyclic) bond motifs is 2. The first kappa shape index (κ1) is 17.2. The number of aliphatic imine (C=N–C) groups is 1. The van der Waals surface area contributed by atoms with Gasteiger partial charge in [-0.25, -0.2) is 9.98 Å². The maximum atomic E-state index is 5.32. The highest BCUT2D eigenvalue weighted by atomic mass is 15.3. The number of H-pyrrole nitrogens is 1. The molecule has 1 saturated heterocycles. The van der Waals surface area contributed by atoms with E-state index in [0.717, 1.165) is 48.7 Å². The van der Waals surface area contributed by atoms with Crippen molar-refractivity contribution in [2.24, 2.45) is 4.99 Å². The molecule has 1 unspecified atom stereocenters. The van der Waals surface area contributed by atoms with Gasteiger partial charge in [-0.15, -0.1) is 0 Å². The van der Waals surface area contributed by atoms with E-state index in [-0.39, 0.29) is 12.2 Å². The van der Waals surface area contributed by atoms with Crippen LogP contribution >= 0.6 is 0 Å². The molecule has 7 nitrogen and oxygen atoms in total. The second-order valence-corrected chi connectivity index (χ2v) is 7.60. The van der Waals surface area contributed by atoms with Crippen LogP contribution in [0.5, 0.6) is 0 Å². The molecule has 2 aliphatic rings. The van der Waals surface area contributed by atoms with Gasteiger partial charge in [-0.3, -0.25) is 4.98 Å². The maximum Gasteiger partial charge on any atom is 0.150 e. The molecule has 0 aliphatic carbocycles. The summed E-state index contributed by atoms with van der Waals surface area (Å²) in [5.74, 6) is 1.07. The molecule has 2 N–H and O–H groups in total. The van der Waals surface area contributed by atoms with Gasteiger partial charge in [0.15, 0.2) is 6.17 Å². The molecule has 1 fully saturated rings. The van der Waals surface area contributed by atoms with Crippen LogP contribution in [-0.4, -0.2) is 57.9 Å². The number of pyridine rings is 2. The molecule has 2 aliphatic heterocycles. The van der Waals surface area contributed by atoms with Crippen LogP contribution in [0.3, 0.4) is 0 Å². The summed E-state index contributed by atoms with van der Waals surface area (Å²) >= 11 is 0. The number of rotatable bonds is 2. The third-order valence-electron chi connectivity index (χ3n) is 5.57. The first-order chi connectivity index (χ1) is 13.7. The Morgan fingerprint density at radius 1 is 1.11 bits per heavy atom. The van der Waals surface area contributed by atoms with Crippen LogP contribution in [0.15, 0.2) is 48.0 Å². The lowest BCUT2D eigenvalue weighted by Gasteiger charge is -2.42. The van der Waals surface area contributed by atoms with Crippen LogP contribution in [0.25, 0.3) is 11.0 Å². The standard InChI is InChI=1S/C21H25N7/c1-14(2)28-18-13-23-6-3-17(18)20(27-11-9-22-10-12-27)26-21(28)16-5-8-25-19-15(16)4-7-24-19/h3-8,13-14,21-22H,9-12H2,1-2H3,(H,24,25). The monoisotopic (exact) mass is 375 g/mol. The highest BCUT2D eigenvalue weighted by Crippen LogP contribution is 2.39. The molecule has 0 aromatic carbocycles. The van der Waals surface area contributed by atoms with Crippen molar-refractivity contribution in [2.75, 3.05) is 31.1 Å². The van der Waals surface area contributed by atoms with Crippen molar-refractivity contribution in [3.05, 3.63) is 54.1 Å². The molecular weight excluding hydrogens is 350 g/mol. The van der Waals surface area contributed by atoms with E-state index in [2.05, 4.69) is 62.1 Å². The van der Waals surface area contributed by atoms with Gasteiger partial charge in [-0.05, 0) is 32.0 Å². The number of anilines is 1. The Hall–Kier alpha value is -2.93. The zero-order valence-electron chi connectivity index (χ0n) is 16.3. The summed E-state index contributed by atoms with van der Waals surface area (Å²) in [5, 5.41) is 4.56. The molecule has 28 heavy (non-hydrogen) atoms. The third kappa shape index (κ3) is 2.74. The van der Waals surface area contributed by atoms with Crippen LogP contribution in [0.1, 0.15) is 31.1 Å². The highest BCUT2D eigenvalue weighted by Gasteiger charge is 2.34. The van der Waals surface area contributed by atoms with Crippen molar-refractivity contribution in [3.63, 3.8) is 0 Å². The van der Waals surface area contributed by atoms with Crippen molar-refractivity contribution in [1.82, 2.24) is 25.2 Å². The fourth-order valence-electron chi connectivity index (χ4n) is 4.28. The number of nitrogens with one attached hydrogen (secondary N) is 2. The quantitative estimate of drug-likeness (QED) is 0.720. The number of hydrogen-bond acceptors (Lipinski definition) is 6. The second-order valence-electron chi connectivity index (χ2n) is 7.60. The Balaban J connectivity index is 1.71. The van der Waals surface area contributed by atoms with Gasteiger partial charge in [0.1, 0.15) is 11.5 Å². The Bertz CT molecular complexity index is 1020. The molecule has 144 valence electrons. The first-order valence-electron chi connectivity index (χ1n) is 9.92. The summed E-state index contributed by atoms with van der Waals surface area (Å²) in [6.07, 6.45) is 7.55. The predicted molar refractivity (Wildman–Crippen MR) is 112 cm³/mol. The lowest BCUT2D eigenvalue weighted by atomic mass is 10.0. The Labute approximate surface area is 164 Å². The van der Waals surface area contributed by atoms with Gasteiger partial charge in [-0.2, -0.15) is 0 Å². The van der Waals surface area contributed by atoms with Gasteiger partial charge in [0.25, 0.3) is 0 Å². The zero-order valence-corrected chi connectivity index (χ0v) is 16.3. The van der Waals surface area contributed by atoms with E-state index in [9.17, 15) is 0 Å². The summed E-state index contributed by atoms with van der Waals surface area (Å²) in [6.45, 7) is 8.32. The van der Waals surface area contributed by atoms with E-state index in [1.165, 1.54) is 11.1 Å². The molecule has 7 heteroatoms. The highest BCUT2D eigenvalue weighted by molar-refractivity contribution is 6.05. The summed E-state index contributed by atoms with van der Waals surface area (Å²) in [5.41, 5.74) is 4.38. The zero-order chi connectivity index (χ0) is 19.1. The Morgan fingerprint density at radius 2 is 1.96 bits per heavy atom. The normalized spacial score (nSPS) is 19.8. The van der Waals surface area contributed by atoms with E-state index in [1.54, 1.807) is 0 Å². The van der Waals surface area contributed by atoms with E-state index < -0.39 is 0 Å². The van der Waals surface area contributed by atoms with Gasteiger partial charge >= 0.3 is 0 Å². The SMILES string of the molecule is CC(C)N1c2cnccc2C(N2CCNCC2)=NC1c1ccnc2[nH]ccc12. The van der Waals surface area contributed by atoms with Gasteiger partial charge in [-0.1, -0.05) is 0 Å². The summed E-state index contributed by atoms with van der Waals surface area (Å²) in [6, 6.07) is 6.56. The van der Waals surface area contributed by atoms with Crippen LogP contribution in [0.4, 0.5) is 5.69 Å². The minimum Gasteiger partial charge on any atom is -0.354 e. The molecule has 1 atom stereocenters. The van der Waals surface area contributed by atoms with Gasteiger partial charge < -0.3 is 20.1 Å². The Kier molecular flexibility index (Phi) is 4.24. The van der Waals surface area contributed by atoms with Gasteiger partial charge in [0.2, 0.25) is 0 Å². The summed E-state index contributed by atoms with van der Waals surface area (Å²) in [7, 11) is 0. The molecular formula is C21H25N7. The van der Waals surface area contributed by atoms with Gasteiger partial charge in [0.05, 0.1) is 11.9 Å². The average molecular weight is 375 g/mol. The second kappa shape index (κ2) is 6.91. The molecule has 5 rings (SSSR count). The van der Waals surface area contributed by atoms with Crippen LogP contribution < -0.4 is 10.2 Å². The smallest absolute Gasteiger partial charge is 0.150 e. The maximum absolute atomic E-state index is 5.32. The molecule has 0 radical (unpaired) electrons. The fourth-order valence-corrected chi connectivity index (χ4v) is 4.28. The topological polar surface area (TPSA) is 72.4 Å². The van der Waals surface area contributed by atoms with E-state index in [0.29, 0.717) is 0 Å². The van der Waals surface area contributed by atoms with Crippen molar-refractivity contribution >= 4 is 22.6 Å². The lowest BCUT2D eigenvalue weighted by Crippen LogP contribution is -2.49. The number of hydrogen-bond donors (Lipinski definition) is 2. The van der Waals surface area contributed by atoms with Crippen molar-refractivity contribution in [3.8, 4) is 0 Å². The summed E-state index contributed by atoms with van der Waals surface area (Å²) in [4.78, 5) is 22.2. The van der Waals surface area contributed by atoms with Crippen LogP contribution in [-0.2, 0) is 0 Å². The van der Waals surface area contributed by atoms with E-state index >= 15 is 0 Å². The number of nitrogens with zero attached hydrogens (tertiary/aromatic N) is 5. The molecule has 5 heterocycles. The molecule has 0 saturated carbocycles. The summed E-state index contributed by atoms with van der Waals surface area (Å²) < 4.78 is 0. The number of amidine groups is 1. The Morgan fingerprint density at radius 3 is 2.79 bits per heavy atom. The lowest BCUT2D eigenvalue weighted by molar-refractivity contribution is 0.353. The molecule has 3 aromatic heterocycles. The minimum atomic E-state index is -0.108. The fraction of sp³-hybridized carbons (Fsp3) is 0.381. The minimum absolute atomic E-state index is 0.108. The van der Waals surface area contributed by atoms with Gasteiger partial charge in [0, 0.05) is 67.3 Å².